The third kappa shape index (κ3) is 5.57. The SMILES string of the molecule is COc1ccc(C=CC(=O)CC(c2ccc(OC)cc2)C2CCCCC2=O)cc1. The average molecular weight is 392 g/mol. The van der Waals surface area contributed by atoms with Crippen LogP contribution in [0.25, 0.3) is 6.08 Å². The molecule has 1 aliphatic rings. The molecule has 2 atom stereocenters. The fourth-order valence-corrected chi connectivity index (χ4v) is 3.97. The molecule has 2 aromatic rings. The lowest BCUT2D eigenvalue weighted by Crippen LogP contribution is -2.27. The Morgan fingerprint density at radius 1 is 1.00 bits per heavy atom. The minimum Gasteiger partial charge on any atom is -0.497 e. The van der Waals surface area contributed by atoms with Crippen LogP contribution in [0.2, 0.25) is 0 Å². The number of ketones is 2. The van der Waals surface area contributed by atoms with Gasteiger partial charge in [-0.05, 0) is 54.3 Å². The molecular weight excluding hydrogens is 364 g/mol. The van der Waals surface area contributed by atoms with Crippen molar-refractivity contribution in [3.63, 3.8) is 0 Å². The molecular formula is C25H28O4. The first kappa shape index (κ1) is 20.8. The van der Waals surface area contributed by atoms with E-state index in [0.717, 1.165) is 41.9 Å². The Balaban J connectivity index is 1.76. The van der Waals surface area contributed by atoms with Gasteiger partial charge in [-0.3, -0.25) is 9.59 Å². The smallest absolute Gasteiger partial charge is 0.156 e. The topological polar surface area (TPSA) is 52.6 Å². The van der Waals surface area contributed by atoms with Crippen molar-refractivity contribution in [3.05, 3.63) is 65.7 Å². The summed E-state index contributed by atoms with van der Waals surface area (Å²) in [5, 5.41) is 0. The molecule has 29 heavy (non-hydrogen) atoms. The number of allylic oxidation sites excluding steroid dienone is 1. The van der Waals surface area contributed by atoms with Crippen LogP contribution in [0.1, 0.15) is 49.1 Å². The van der Waals surface area contributed by atoms with Crippen LogP contribution in [0.5, 0.6) is 11.5 Å². The van der Waals surface area contributed by atoms with E-state index in [1.54, 1.807) is 20.3 Å². The van der Waals surface area contributed by atoms with Gasteiger partial charge < -0.3 is 9.47 Å². The van der Waals surface area contributed by atoms with Crippen LogP contribution < -0.4 is 9.47 Å². The molecule has 1 aliphatic carbocycles. The highest BCUT2D eigenvalue weighted by atomic mass is 16.5. The summed E-state index contributed by atoms with van der Waals surface area (Å²) in [6, 6.07) is 15.3. The van der Waals surface area contributed by atoms with Crippen LogP contribution in [0.3, 0.4) is 0 Å². The van der Waals surface area contributed by atoms with Crippen molar-refractivity contribution in [2.75, 3.05) is 14.2 Å². The molecule has 0 bridgehead atoms. The van der Waals surface area contributed by atoms with Gasteiger partial charge in [0.25, 0.3) is 0 Å². The summed E-state index contributed by atoms with van der Waals surface area (Å²) in [6.45, 7) is 0. The van der Waals surface area contributed by atoms with Gasteiger partial charge in [0.05, 0.1) is 14.2 Å². The Morgan fingerprint density at radius 2 is 1.62 bits per heavy atom. The van der Waals surface area contributed by atoms with Crippen LogP contribution >= 0.6 is 0 Å². The first-order valence-electron chi connectivity index (χ1n) is 10.1. The Morgan fingerprint density at radius 3 is 2.21 bits per heavy atom. The summed E-state index contributed by atoms with van der Waals surface area (Å²) in [4.78, 5) is 25.3. The van der Waals surface area contributed by atoms with E-state index < -0.39 is 0 Å². The monoisotopic (exact) mass is 392 g/mol. The molecule has 0 saturated heterocycles. The Hall–Kier alpha value is -2.88. The highest BCUT2D eigenvalue weighted by molar-refractivity contribution is 5.95. The van der Waals surface area contributed by atoms with Gasteiger partial charge in [-0.2, -0.15) is 0 Å². The third-order valence-corrected chi connectivity index (χ3v) is 5.63. The van der Waals surface area contributed by atoms with E-state index in [0.29, 0.717) is 12.8 Å². The molecule has 4 heteroatoms. The van der Waals surface area contributed by atoms with E-state index in [1.807, 2.05) is 54.6 Å². The van der Waals surface area contributed by atoms with Gasteiger partial charge in [0.2, 0.25) is 0 Å². The number of carbonyl (C=O) groups is 2. The lowest BCUT2D eigenvalue weighted by Gasteiger charge is -2.29. The molecule has 2 aromatic carbocycles. The normalized spacial score (nSPS) is 17.9. The zero-order chi connectivity index (χ0) is 20.6. The number of methoxy groups -OCH3 is 2. The van der Waals surface area contributed by atoms with E-state index in [9.17, 15) is 9.59 Å². The molecule has 3 rings (SSSR count). The molecule has 0 amide bonds. The van der Waals surface area contributed by atoms with E-state index in [-0.39, 0.29) is 23.4 Å². The second-order valence-corrected chi connectivity index (χ2v) is 7.48. The molecule has 0 aromatic heterocycles. The maximum absolute atomic E-state index is 12.7. The zero-order valence-corrected chi connectivity index (χ0v) is 17.1. The maximum atomic E-state index is 12.7. The number of rotatable bonds is 8. The summed E-state index contributed by atoms with van der Waals surface area (Å²) < 4.78 is 10.4. The van der Waals surface area contributed by atoms with Crippen LogP contribution in [0, 0.1) is 5.92 Å². The van der Waals surface area contributed by atoms with Gasteiger partial charge in [-0.1, -0.05) is 36.8 Å². The van der Waals surface area contributed by atoms with Crippen LogP contribution in [-0.2, 0) is 9.59 Å². The molecule has 0 heterocycles. The van der Waals surface area contributed by atoms with Crippen molar-refractivity contribution in [3.8, 4) is 11.5 Å². The second-order valence-electron chi connectivity index (χ2n) is 7.48. The number of Topliss-reactive ketones (excluding diaryl/α,β-unsaturated/α-hetero) is 1. The quantitative estimate of drug-likeness (QED) is 0.578. The van der Waals surface area contributed by atoms with E-state index >= 15 is 0 Å². The van der Waals surface area contributed by atoms with Gasteiger partial charge in [-0.15, -0.1) is 0 Å². The summed E-state index contributed by atoms with van der Waals surface area (Å²) in [5.41, 5.74) is 1.96. The number of carbonyl (C=O) groups excluding carboxylic acids is 2. The van der Waals surface area contributed by atoms with E-state index in [2.05, 4.69) is 0 Å². The van der Waals surface area contributed by atoms with Crippen molar-refractivity contribution in [2.45, 2.75) is 38.0 Å². The largest absolute Gasteiger partial charge is 0.497 e. The molecule has 0 radical (unpaired) electrons. The van der Waals surface area contributed by atoms with E-state index in [1.165, 1.54) is 0 Å². The van der Waals surface area contributed by atoms with Gasteiger partial charge in [0, 0.05) is 24.7 Å². The van der Waals surface area contributed by atoms with Gasteiger partial charge in [0.1, 0.15) is 17.3 Å². The van der Waals surface area contributed by atoms with Crippen molar-refractivity contribution < 1.29 is 19.1 Å². The van der Waals surface area contributed by atoms with Crippen molar-refractivity contribution >= 4 is 17.6 Å². The molecule has 1 saturated carbocycles. The number of benzene rings is 2. The molecule has 0 aliphatic heterocycles. The predicted molar refractivity (Wildman–Crippen MR) is 114 cm³/mol. The molecule has 4 nitrogen and oxygen atoms in total. The van der Waals surface area contributed by atoms with Crippen LogP contribution in [0.15, 0.2) is 54.6 Å². The Labute approximate surface area is 172 Å². The summed E-state index contributed by atoms with van der Waals surface area (Å²) >= 11 is 0. The van der Waals surface area contributed by atoms with Gasteiger partial charge in [0.15, 0.2) is 5.78 Å². The summed E-state index contributed by atoms with van der Waals surface area (Å²) in [7, 11) is 3.25. The van der Waals surface area contributed by atoms with Crippen LogP contribution in [-0.4, -0.2) is 25.8 Å². The van der Waals surface area contributed by atoms with Crippen LogP contribution in [0.4, 0.5) is 0 Å². The first-order chi connectivity index (χ1) is 14.1. The lowest BCUT2D eigenvalue weighted by molar-refractivity contribution is -0.125. The van der Waals surface area contributed by atoms with Gasteiger partial charge >= 0.3 is 0 Å². The fraction of sp³-hybridized carbons (Fsp3) is 0.360. The molecule has 1 fully saturated rings. The fourth-order valence-electron chi connectivity index (χ4n) is 3.97. The third-order valence-electron chi connectivity index (χ3n) is 5.63. The Kier molecular flexibility index (Phi) is 7.23. The lowest BCUT2D eigenvalue weighted by atomic mass is 9.74. The number of ether oxygens (including phenoxy) is 2. The summed E-state index contributed by atoms with van der Waals surface area (Å²) in [6.07, 6.45) is 7.23. The standard InChI is InChI=1S/C25H28O4/c1-28-21-13-8-18(9-14-21)7-12-20(26)17-24(23-5-3-4-6-25(23)27)19-10-15-22(29-2)16-11-19/h7-16,23-24H,3-6,17H2,1-2H3. The van der Waals surface area contributed by atoms with Gasteiger partial charge in [-0.25, -0.2) is 0 Å². The minimum atomic E-state index is -0.0956. The number of hydrogen-bond acceptors (Lipinski definition) is 4. The molecule has 2 unspecified atom stereocenters. The molecule has 0 N–H and O–H groups in total. The average Bonchev–Trinajstić information content (AvgIpc) is 2.77. The van der Waals surface area contributed by atoms with Crippen molar-refractivity contribution in [1.82, 2.24) is 0 Å². The second kappa shape index (κ2) is 10.1. The molecule has 0 spiro atoms. The zero-order valence-electron chi connectivity index (χ0n) is 17.1. The summed E-state index contributed by atoms with van der Waals surface area (Å²) in [5.74, 6) is 1.68. The highest BCUT2D eigenvalue weighted by Gasteiger charge is 2.32. The Bertz CT molecular complexity index is 849. The number of hydrogen-bond donors (Lipinski definition) is 0. The first-order valence-corrected chi connectivity index (χ1v) is 10.1. The highest BCUT2D eigenvalue weighted by Crippen LogP contribution is 2.37. The van der Waals surface area contributed by atoms with Crippen molar-refractivity contribution in [2.24, 2.45) is 5.92 Å². The predicted octanol–water partition coefficient (Wildman–Crippen LogP) is 5.22. The van der Waals surface area contributed by atoms with Crippen molar-refractivity contribution in [1.29, 1.82) is 0 Å². The van der Waals surface area contributed by atoms with E-state index in [4.69, 9.17) is 9.47 Å². The minimum absolute atomic E-state index is 0.0278. The maximum Gasteiger partial charge on any atom is 0.156 e. The molecule has 152 valence electrons.